The average Bonchev–Trinajstić information content (AvgIpc) is 2.30. The topological polar surface area (TPSA) is 50.2 Å². The van der Waals surface area contributed by atoms with Gasteiger partial charge in [0.15, 0.2) is 0 Å². The van der Waals surface area contributed by atoms with Gasteiger partial charge in [-0.05, 0) is 13.3 Å². The molecule has 0 rings (SSSR count). The Morgan fingerprint density at radius 2 is 1.16 bits per heavy atom. The number of rotatable bonds is 12. The standard InChI is InChI=1S/C16H36NO.H2O/c1-5-6-7-8-9-10-11-12-13-14-15-16(2)17(3,4)18;/h16,18H,5-15H2,1-4H3;1H2/q+1;/p-1. The fraction of sp³-hybridized carbons (Fsp3) is 1.00. The molecule has 0 aliphatic rings. The van der Waals surface area contributed by atoms with Crippen LogP contribution in [0.15, 0.2) is 0 Å². The normalized spacial score (nSPS) is 13.1. The van der Waals surface area contributed by atoms with Crippen LogP contribution >= 0.6 is 0 Å². The van der Waals surface area contributed by atoms with Crippen LogP contribution < -0.4 is 0 Å². The molecule has 0 saturated carbocycles. The van der Waals surface area contributed by atoms with Gasteiger partial charge in [-0.2, -0.15) is 4.65 Å². The summed E-state index contributed by atoms with van der Waals surface area (Å²) in [5, 5.41) is 9.77. The summed E-state index contributed by atoms with van der Waals surface area (Å²) < 4.78 is 0.109. The maximum Gasteiger partial charge on any atom is 0.116 e. The smallest absolute Gasteiger partial charge is 0.116 e. The zero-order chi connectivity index (χ0) is 13.9. The highest BCUT2D eigenvalue weighted by molar-refractivity contribution is 4.51. The molecule has 1 unspecified atom stereocenters. The molecule has 0 amide bonds. The van der Waals surface area contributed by atoms with Crippen molar-refractivity contribution in [1.29, 1.82) is 0 Å². The van der Waals surface area contributed by atoms with Crippen LogP contribution in [0.1, 0.15) is 84.5 Å². The maximum absolute atomic E-state index is 9.77. The van der Waals surface area contributed by atoms with Gasteiger partial charge in [-0.1, -0.05) is 64.7 Å². The average molecular weight is 275 g/mol. The van der Waals surface area contributed by atoms with Crippen LogP contribution in [0.5, 0.6) is 0 Å². The summed E-state index contributed by atoms with van der Waals surface area (Å²) in [5.74, 6) is 0. The lowest BCUT2D eigenvalue weighted by molar-refractivity contribution is -1.09. The SMILES string of the molecule is CCCCCCCCCCCCC(C)[N+](C)(C)O.[OH-]. The number of quaternary nitrogens is 1. The van der Waals surface area contributed by atoms with Gasteiger partial charge in [0.05, 0.1) is 14.1 Å². The molecule has 2 N–H and O–H groups in total. The lowest BCUT2D eigenvalue weighted by Gasteiger charge is -2.27. The molecule has 3 nitrogen and oxygen atoms in total. The first kappa shape index (κ1) is 21.2. The molecule has 0 spiro atoms. The predicted molar refractivity (Wildman–Crippen MR) is 81.8 cm³/mol. The molecule has 0 radical (unpaired) electrons. The summed E-state index contributed by atoms with van der Waals surface area (Å²) in [4.78, 5) is 0. The minimum Gasteiger partial charge on any atom is -0.870 e. The van der Waals surface area contributed by atoms with Crippen molar-refractivity contribution in [2.75, 3.05) is 14.1 Å². The zero-order valence-electron chi connectivity index (χ0n) is 13.7. The number of hydrogen-bond acceptors (Lipinski definition) is 2. The van der Waals surface area contributed by atoms with E-state index in [4.69, 9.17) is 0 Å². The van der Waals surface area contributed by atoms with E-state index in [0.717, 1.165) is 6.42 Å². The monoisotopic (exact) mass is 275 g/mol. The molecule has 0 heterocycles. The molecule has 0 fully saturated rings. The van der Waals surface area contributed by atoms with Crippen molar-refractivity contribution in [2.45, 2.75) is 90.5 Å². The van der Waals surface area contributed by atoms with Crippen molar-refractivity contribution < 1.29 is 15.3 Å². The molecule has 0 aliphatic carbocycles. The predicted octanol–water partition coefficient (Wildman–Crippen LogP) is 4.97. The molecule has 0 saturated heterocycles. The second-order valence-electron chi connectivity index (χ2n) is 6.30. The van der Waals surface area contributed by atoms with Gasteiger partial charge in [-0.15, -0.1) is 0 Å². The van der Waals surface area contributed by atoms with Gasteiger partial charge in [-0.25, -0.2) is 5.21 Å². The molecule has 0 bridgehead atoms. The fourth-order valence-electron chi connectivity index (χ4n) is 2.24. The van der Waals surface area contributed by atoms with Gasteiger partial charge >= 0.3 is 0 Å². The van der Waals surface area contributed by atoms with Crippen LogP contribution in [0.4, 0.5) is 0 Å². The third-order valence-corrected chi connectivity index (χ3v) is 4.05. The van der Waals surface area contributed by atoms with Crippen LogP contribution in [-0.4, -0.2) is 35.5 Å². The van der Waals surface area contributed by atoms with Gasteiger partial charge in [0.2, 0.25) is 0 Å². The maximum atomic E-state index is 9.77. The zero-order valence-corrected chi connectivity index (χ0v) is 13.7. The van der Waals surface area contributed by atoms with Gasteiger partial charge in [0.25, 0.3) is 0 Å². The van der Waals surface area contributed by atoms with Crippen LogP contribution in [0.25, 0.3) is 0 Å². The van der Waals surface area contributed by atoms with Gasteiger partial charge in [0.1, 0.15) is 6.04 Å². The molecule has 3 heteroatoms. The Morgan fingerprint density at radius 1 is 0.789 bits per heavy atom. The second-order valence-corrected chi connectivity index (χ2v) is 6.30. The molecule has 1 atom stereocenters. The van der Waals surface area contributed by atoms with Crippen LogP contribution in [0.2, 0.25) is 0 Å². The minimum atomic E-state index is 0. The Labute approximate surface area is 120 Å². The Bertz CT molecular complexity index is 178. The lowest BCUT2D eigenvalue weighted by Crippen LogP contribution is -2.43. The number of hydroxylamine groups is 3. The van der Waals surface area contributed by atoms with Gasteiger partial charge in [-0.3, -0.25) is 0 Å². The molecule has 19 heavy (non-hydrogen) atoms. The summed E-state index contributed by atoms with van der Waals surface area (Å²) in [5.41, 5.74) is 0. The first-order chi connectivity index (χ1) is 8.48. The van der Waals surface area contributed by atoms with E-state index in [0.29, 0.717) is 6.04 Å². The Kier molecular flexibility index (Phi) is 14.4. The number of unbranched alkanes of at least 4 members (excludes halogenated alkanes) is 9. The molecule has 0 aliphatic heterocycles. The second kappa shape index (κ2) is 12.9. The Morgan fingerprint density at radius 3 is 1.53 bits per heavy atom. The van der Waals surface area contributed by atoms with E-state index < -0.39 is 0 Å². The summed E-state index contributed by atoms with van der Waals surface area (Å²) >= 11 is 0. The number of hydrogen-bond donors (Lipinski definition) is 1. The van der Waals surface area contributed by atoms with E-state index in [1.54, 1.807) is 0 Å². The van der Waals surface area contributed by atoms with Crippen molar-refractivity contribution in [3.63, 3.8) is 0 Å². The summed E-state index contributed by atoms with van der Waals surface area (Å²) in [6.07, 6.45) is 15.0. The minimum absolute atomic E-state index is 0. The highest BCUT2D eigenvalue weighted by Crippen LogP contribution is 2.14. The van der Waals surface area contributed by atoms with Crippen LogP contribution in [0, 0.1) is 0 Å². The van der Waals surface area contributed by atoms with Crippen molar-refractivity contribution >= 4 is 0 Å². The molecular formula is C16H37NO2. The van der Waals surface area contributed by atoms with Crippen molar-refractivity contribution in [3.8, 4) is 0 Å². The molecule has 0 aromatic heterocycles. The van der Waals surface area contributed by atoms with Crippen LogP contribution in [0.3, 0.4) is 0 Å². The largest absolute Gasteiger partial charge is 0.870 e. The molecule has 118 valence electrons. The van der Waals surface area contributed by atoms with E-state index in [-0.39, 0.29) is 10.1 Å². The third-order valence-electron chi connectivity index (χ3n) is 4.05. The Balaban J connectivity index is 0. The summed E-state index contributed by atoms with van der Waals surface area (Å²) in [7, 11) is 3.72. The summed E-state index contributed by atoms with van der Waals surface area (Å²) in [6.45, 7) is 4.40. The third kappa shape index (κ3) is 14.1. The van der Waals surface area contributed by atoms with Gasteiger partial charge in [0, 0.05) is 6.42 Å². The van der Waals surface area contributed by atoms with Gasteiger partial charge < -0.3 is 5.48 Å². The van der Waals surface area contributed by atoms with Crippen molar-refractivity contribution in [3.05, 3.63) is 0 Å². The Hall–Kier alpha value is -0.120. The van der Waals surface area contributed by atoms with E-state index in [1.807, 2.05) is 14.1 Å². The number of nitrogens with zero attached hydrogens (tertiary/aromatic N) is 1. The highest BCUT2D eigenvalue weighted by Gasteiger charge is 2.20. The first-order valence-electron chi connectivity index (χ1n) is 8.05. The van der Waals surface area contributed by atoms with E-state index in [2.05, 4.69) is 13.8 Å². The molecule has 0 aromatic rings. The van der Waals surface area contributed by atoms with E-state index in [1.165, 1.54) is 64.2 Å². The van der Waals surface area contributed by atoms with Crippen molar-refractivity contribution in [1.82, 2.24) is 0 Å². The lowest BCUT2D eigenvalue weighted by atomic mass is 10.0. The van der Waals surface area contributed by atoms with E-state index in [9.17, 15) is 5.21 Å². The molecule has 0 aromatic carbocycles. The van der Waals surface area contributed by atoms with Crippen molar-refractivity contribution in [2.24, 2.45) is 0 Å². The fourth-order valence-corrected chi connectivity index (χ4v) is 2.24. The quantitative estimate of drug-likeness (QED) is 0.310. The first-order valence-corrected chi connectivity index (χ1v) is 8.05. The van der Waals surface area contributed by atoms with Crippen LogP contribution in [-0.2, 0) is 0 Å². The summed E-state index contributed by atoms with van der Waals surface area (Å²) in [6, 6.07) is 0.360. The highest BCUT2D eigenvalue weighted by atomic mass is 16.5. The molecular weight excluding hydrogens is 238 g/mol. The van der Waals surface area contributed by atoms with E-state index >= 15 is 0 Å².